The van der Waals surface area contributed by atoms with Gasteiger partial charge in [0, 0.05) is 34.1 Å². The first-order valence-electron chi connectivity index (χ1n) is 20.4. The van der Waals surface area contributed by atoms with Crippen molar-refractivity contribution in [2.75, 3.05) is 9.80 Å². The maximum Gasteiger partial charge on any atom is 0.0463 e. The smallest absolute Gasteiger partial charge is 0.0463 e. The molecule has 0 aliphatic rings. The second-order valence-corrected chi connectivity index (χ2v) is 14.6. The third-order valence-corrected chi connectivity index (χ3v) is 10.7. The zero-order valence-corrected chi connectivity index (χ0v) is 33.3. The molecule has 0 spiro atoms. The molecule has 0 atom stereocenters. The minimum atomic E-state index is 1.06. The number of benzene rings is 9. The van der Waals surface area contributed by atoms with Crippen LogP contribution in [-0.2, 0) is 0 Å². The molecule has 0 fully saturated rings. The van der Waals surface area contributed by atoms with E-state index in [0.29, 0.717) is 0 Å². The summed E-state index contributed by atoms with van der Waals surface area (Å²) in [6, 6.07) is 90.2. The molecular weight excluding hydrogens is 725 g/mol. The van der Waals surface area contributed by atoms with Crippen LogP contribution >= 0.6 is 0 Å². The molecule has 0 aliphatic heterocycles. The second-order valence-electron chi connectivity index (χ2n) is 14.6. The zero-order chi connectivity index (χ0) is 40.4. The Bertz CT molecular complexity index is 2520. The van der Waals surface area contributed by atoms with Gasteiger partial charge in [0.25, 0.3) is 0 Å². The highest BCUT2D eigenvalue weighted by atomic mass is 15.2. The highest BCUT2D eigenvalue weighted by molar-refractivity contribution is 5.93. The lowest BCUT2D eigenvalue weighted by Crippen LogP contribution is -2.12. The number of hydrogen-bond donors (Lipinski definition) is 0. The molecule has 286 valence electrons. The van der Waals surface area contributed by atoms with E-state index in [-0.39, 0.29) is 0 Å². The van der Waals surface area contributed by atoms with Gasteiger partial charge in [-0.1, -0.05) is 182 Å². The van der Waals surface area contributed by atoms with E-state index < -0.39 is 0 Å². The molecule has 60 heavy (non-hydrogen) atoms. The molecule has 0 N–H and O–H groups in total. The molecule has 0 saturated heterocycles. The predicted molar refractivity (Wildman–Crippen MR) is 256 cm³/mol. The summed E-state index contributed by atoms with van der Waals surface area (Å²) in [7, 11) is 0. The van der Waals surface area contributed by atoms with Gasteiger partial charge in [0.15, 0.2) is 0 Å². The van der Waals surface area contributed by atoms with Crippen LogP contribution in [0.1, 0.15) is 33.4 Å². The second kappa shape index (κ2) is 18.1. The van der Waals surface area contributed by atoms with Gasteiger partial charge in [-0.2, -0.15) is 0 Å². The van der Waals surface area contributed by atoms with Gasteiger partial charge in [-0.05, 0) is 129 Å². The number of nitrogens with zero attached hydrogens (tertiary/aromatic N) is 2. The summed E-state index contributed by atoms with van der Waals surface area (Å²) in [6.07, 6.45) is 4.57. The van der Waals surface area contributed by atoms with Gasteiger partial charge < -0.3 is 9.80 Å². The summed E-state index contributed by atoms with van der Waals surface area (Å²) in [6.45, 7) is 0. The van der Waals surface area contributed by atoms with E-state index in [1.54, 1.807) is 0 Å². The summed E-state index contributed by atoms with van der Waals surface area (Å²) in [5, 5.41) is 0. The maximum atomic E-state index is 2.34. The number of rotatable bonds is 12. The fraction of sp³-hybridized carbons (Fsp3) is 0. The molecule has 0 aliphatic carbocycles. The molecule has 9 aromatic rings. The topological polar surface area (TPSA) is 6.48 Å². The zero-order valence-electron chi connectivity index (χ0n) is 33.3. The van der Waals surface area contributed by atoms with Crippen molar-refractivity contribution in [3.05, 3.63) is 288 Å². The van der Waals surface area contributed by atoms with Crippen molar-refractivity contribution in [3.63, 3.8) is 0 Å². The highest BCUT2D eigenvalue weighted by Crippen LogP contribution is 2.40. The largest absolute Gasteiger partial charge is 0.311 e. The molecule has 2 nitrogen and oxygen atoms in total. The van der Waals surface area contributed by atoms with Gasteiger partial charge in [0.2, 0.25) is 0 Å². The van der Waals surface area contributed by atoms with E-state index in [1.165, 1.54) is 33.4 Å². The Labute approximate surface area is 353 Å². The quantitative estimate of drug-likeness (QED) is 0.114. The van der Waals surface area contributed by atoms with Crippen LogP contribution in [-0.4, -0.2) is 0 Å². The standard InChI is InChI=1S/C58H44N2/c1-7-19-47(20-8-1)57(48-21-9-2-10-22-48)43-45-31-35-53(36-32-45)60(56-41-39-55(40-42-56)59(51-27-15-5-16-28-51)52-29-17-6-18-30-52)54-37-33-46(34-38-54)44-58(49-23-11-3-12-24-49)50-25-13-4-14-26-50/h1-44H. The molecular formula is C58H44N2. The molecule has 9 rings (SSSR count). The number of hydrogen-bond acceptors (Lipinski definition) is 2. The molecule has 0 saturated carbocycles. The van der Waals surface area contributed by atoms with Crippen LogP contribution in [0.2, 0.25) is 0 Å². The van der Waals surface area contributed by atoms with Crippen LogP contribution in [0.3, 0.4) is 0 Å². The molecule has 0 amide bonds. The van der Waals surface area contributed by atoms with Gasteiger partial charge >= 0.3 is 0 Å². The molecule has 0 heterocycles. The van der Waals surface area contributed by atoms with Crippen molar-refractivity contribution in [2.45, 2.75) is 0 Å². The first-order valence-corrected chi connectivity index (χ1v) is 20.4. The van der Waals surface area contributed by atoms with Crippen molar-refractivity contribution in [3.8, 4) is 0 Å². The maximum absolute atomic E-state index is 2.34. The summed E-state index contributed by atoms with van der Waals surface area (Å²) >= 11 is 0. The van der Waals surface area contributed by atoms with E-state index in [0.717, 1.165) is 45.3 Å². The Balaban J connectivity index is 1.11. The first-order chi connectivity index (χ1) is 29.8. The van der Waals surface area contributed by atoms with E-state index in [4.69, 9.17) is 0 Å². The van der Waals surface area contributed by atoms with Crippen molar-refractivity contribution in [1.82, 2.24) is 0 Å². The highest BCUT2D eigenvalue weighted by Gasteiger charge is 2.17. The van der Waals surface area contributed by atoms with Crippen LogP contribution in [0.5, 0.6) is 0 Å². The van der Waals surface area contributed by atoms with Crippen LogP contribution < -0.4 is 9.80 Å². The molecule has 9 aromatic carbocycles. The van der Waals surface area contributed by atoms with Crippen molar-refractivity contribution in [1.29, 1.82) is 0 Å². The average Bonchev–Trinajstić information content (AvgIpc) is 3.33. The van der Waals surface area contributed by atoms with Gasteiger partial charge in [-0.25, -0.2) is 0 Å². The van der Waals surface area contributed by atoms with Crippen molar-refractivity contribution in [2.24, 2.45) is 0 Å². The lowest BCUT2D eigenvalue weighted by atomic mass is 9.95. The van der Waals surface area contributed by atoms with E-state index >= 15 is 0 Å². The van der Waals surface area contributed by atoms with Gasteiger partial charge in [-0.15, -0.1) is 0 Å². The Morgan fingerprint density at radius 3 is 0.667 bits per heavy atom. The minimum absolute atomic E-state index is 1.06. The summed E-state index contributed by atoms with van der Waals surface area (Å²) in [5.41, 5.74) is 15.9. The Kier molecular flexibility index (Phi) is 11.4. The summed E-state index contributed by atoms with van der Waals surface area (Å²) in [5.74, 6) is 0. The van der Waals surface area contributed by atoms with Gasteiger partial charge in [0.05, 0.1) is 0 Å². The van der Waals surface area contributed by atoms with Crippen LogP contribution in [0.15, 0.2) is 255 Å². The van der Waals surface area contributed by atoms with E-state index in [2.05, 4.69) is 277 Å². The fourth-order valence-electron chi connectivity index (χ4n) is 7.71. The molecule has 0 aromatic heterocycles. The minimum Gasteiger partial charge on any atom is -0.311 e. The SMILES string of the molecule is C(=C(c1ccccc1)c1ccccc1)c1ccc(N(c2ccc(C=C(c3ccccc3)c3ccccc3)cc2)c2ccc(N(c3ccccc3)c3ccccc3)cc2)cc1. The van der Waals surface area contributed by atoms with Gasteiger partial charge in [0.1, 0.15) is 0 Å². The Hall–Kier alpha value is -7.94. The lowest BCUT2D eigenvalue weighted by molar-refractivity contribution is 1.25. The molecule has 0 unspecified atom stereocenters. The molecule has 0 radical (unpaired) electrons. The Morgan fingerprint density at radius 2 is 0.417 bits per heavy atom. The molecule has 2 heteroatoms. The van der Waals surface area contributed by atoms with Gasteiger partial charge in [-0.3, -0.25) is 0 Å². The van der Waals surface area contributed by atoms with Crippen LogP contribution in [0.25, 0.3) is 23.3 Å². The third-order valence-electron chi connectivity index (χ3n) is 10.7. The van der Waals surface area contributed by atoms with E-state index in [1.807, 2.05) is 0 Å². The summed E-state index contributed by atoms with van der Waals surface area (Å²) < 4.78 is 0. The first kappa shape index (κ1) is 37.6. The predicted octanol–water partition coefficient (Wildman–Crippen LogP) is 15.8. The normalized spacial score (nSPS) is 10.7. The monoisotopic (exact) mass is 768 g/mol. The van der Waals surface area contributed by atoms with Crippen LogP contribution in [0.4, 0.5) is 34.1 Å². The number of para-hydroxylation sites is 2. The fourth-order valence-corrected chi connectivity index (χ4v) is 7.71. The van der Waals surface area contributed by atoms with E-state index in [9.17, 15) is 0 Å². The van der Waals surface area contributed by atoms with Crippen molar-refractivity contribution >= 4 is 57.4 Å². The van der Waals surface area contributed by atoms with Crippen LogP contribution in [0, 0.1) is 0 Å². The molecule has 0 bridgehead atoms. The third kappa shape index (κ3) is 8.64. The lowest BCUT2D eigenvalue weighted by Gasteiger charge is -2.28. The number of anilines is 6. The summed E-state index contributed by atoms with van der Waals surface area (Å²) in [4.78, 5) is 4.63. The Morgan fingerprint density at radius 1 is 0.217 bits per heavy atom. The van der Waals surface area contributed by atoms with Crippen molar-refractivity contribution < 1.29 is 0 Å². The average molecular weight is 769 g/mol.